The summed E-state index contributed by atoms with van der Waals surface area (Å²) in [4.78, 5) is 16.8. The predicted molar refractivity (Wildman–Crippen MR) is 141 cm³/mol. The van der Waals surface area contributed by atoms with Gasteiger partial charge in [-0.2, -0.15) is 13.2 Å². The van der Waals surface area contributed by atoms with Crippen molar-refractivity contribution in [3.63, 3.8) is 0 Å². The molecule has 1 N–H and O–H groups in total. The van der Waals surface area contributed by atoms with Crippen molar-refractivity contribution in [2.75, 3.05) is 31.2 Å². The summed E-state index contributed by atoms with van der Waals surface area (Å²) in [5.41, 5.74) is -1.55. The normalized spacial score (nSPS) is 20.6. The number of aliphatic hydroxyl groups is 1. The Morgan fingerprint density at radius 2 is 1.88 bits per heavy atom. The number of carbonyl (C=O) groups is 1. The lowest BCUT2D eigenvalue weighted by Gasteiger charge is -2.49. The van der Waals surface area contributed by atoms with E-state index in [0.717, 1.165) is 6.07 Å². The molecule has 0 saturated carbocycles. The highest BCUT2D eigenvalue weighted by atomic mass is 19.4. The first kappa shape index (κ1) is 27.8. The molecule has 1 atom stereocenters. The van der Waals surface area contributed by atoms with Gasteiger partial charge in [-0.15, -0.1) is 10.2 Å². The lowest BCUT2D eigenvalue weighted by atomic mass is 9.74. The highest BCUT2D eigenvalue weighted by Gasteiger charge is 2.51. The van der Waals surface area contributed by atoms with Crippen LogP contribution < -0.4 is 4.90 Å². The number of hydrogen-bond donors (Lipinski definition) is 1. The van der Waals surface area contributed by atoms with Crippen molar-refractivity contribution < 1.29 is 32.2 Å². The average Bonchev–Trinajstić information content (AvgIpc) is 3.44. The van der Waals surface area contributed by atoms with E-state index in [0.29, 0.717) is 29.9 Å². The quantitative estimate of drug-likeness (QED) is 0.428. The topological polar surface area (TPSA) is 83.7 Å². The van der Waals surface area contributed by atoms with Crippen LogP contribution in [0.25, 0.3) is 0 Å². The maximum atomic E-state index is 15.8. The molecule has 41 heavy (non-hydrogen) atoms. The van der Waals surface area contributed by atoms with E-state index in [4.69, 9.17) is 4.74 Å². The van der Waals surface area contributed by atoms with Crippen molar-refractivity contribution in [3.05, 3.63) is 76.4 Å². The maximum absolute atomic E-state index is 15.8. The zero-order valence-corrected chi connectivity index (χ0v) is 23.0. The van der Waals surface area contributed by atoms with E-state index >= 15 is 4.39 Å². The molecule has 0 spiro atoms. The minimum Gasteiger partial charge on any atom is -0.387 e. The van der Waals surface area contributed by atoms with Gasteiger partial charge in [0.15, 0.2) is 12.0 Å². The third kappa shape index (κ3) is 4.52. The summed E-state index contributed by atoms with van der Waals surface area (Å²) in [5.74, 6) is -0.385. The van der Waals surface area contributed by atoms with Crippen molar-refractivity contribution in [1.82, 2.24) is 19.7 Å². The monoisotopic (exact) mass is 573 g/mol. The van der Waals surface area contributed by atoms with Crippen molar-refractivity contribution in [1.29, 1.82) is 0 Å². The van der Waals surface area contributed by atoms with E-state index in [2.05, 4.69) is 10.2 Å². The van der Waals surface area contributed by atoms with Gasteiger partial charge in [-0.25, -0.2) is 4.39 Å². The summed E-state index contributed by atoms with van der Waals surface area (Å²) in [7, 11) is 1.64. The van der Waals surface area contributed by atoms with Crippen LogP contribution in [0.1, 0.15) is 58.5 Å². The van der Waals surface area contributed by atoms with Gasteiger partial charge in [-0.3, -0.25) is 9.69 Å². The van der Waals surface area contributed by atoms with Crippen LogP contribution in [-0.2, 0) is 36.5 Å². The molecule has 0 radical (unpaired) electrons. The van der Waals surface area contributed by atoms with Gasteiger partial charge < -0.3 is 19.3 Å². The smallest absolute Gasteiger partial charge is 0.387 e. The second-order valence-corrected chi connectivity index (χ2v) is 11.8. The SMILES string of the molecule is CC(C)C1(O)CN(Cc2cc3c(c(C(F)(F)F)c2)CN(c2cccc(C4([C@H](F)c5nncn5C)COC4)c2)C3=O)C1. The fraction of sp³-hybridized carbons (Fsp3) is 0.483. The summed E-state index contributed by atoms with van der Waals surface area (Å²) >= 11 is 0. The van der Waals surface area contributed by atoms with Crippen LogP contribution >= 0.6 is 0 Å². The first-order valence-electron chi connectivity index (χ1n) is 13.5. The van der Waals surface area contributed by atoms with Gasteiger partial charge in [0.2, 0.25) is 0 Å². The summed E-state index contributed by atoms with van der Waals surface area (Å²) in [6.07, 6.45) is -4.79. The van der Waals surface area contributed by atoms with Crippen LogP contribution in [-0.4, -0.2) is 62.6 Å². The van der Waals surface area contributed by atoms with E-state index in [-0.39, 0.29) is 49.2 Å². The predicted octanol–water partition coefficient (Wildman–Crippen LogP) is 4.18. The highest BCUT2D eigenvalue weighted by Crippen LogP contribution is 2.47. The minimum absolute atomic E-state index is 0.00372. The summed E-state index contributed by atoms with van der Waals surface area (Å²) in [5, 5.41) is 18.2. The van der Waals surface area contributed by atoms with Gasteiger partial charge in [0.05, 0.1) is 36.3 Å². The second-order valence-electron chi connectivity index (χ2n) is 11.8. The Morgan fingerprint density at radius 1 is 1.15 bits per heavy atom. The van der Waals surface area contributed by atoms with Crippen LogP contribution in [0.5, 0.6) is 0 Å². The van der Waals surface area contributed by atoms with Crippen molar-refractivity contribution in [3.8, 4) is 0 Å². The Labute approximate surface area is 234 Å². The number of halogens is 4. The standard InChI is InChI=1S/C29H31F4N5O3/c1-17(2)28(40)12-37(13-28)10-18-7-21-22(23(8-18)29(31,32)33)11-38(26(21)39)20-6-4-5-19(9-20)27(14-41-15-27)24(30)25-35-34-16-36(25)3/h4-9,16-17,24,40H,10-15H2,1-3H3/t24-/m1/s1. The molecule has 2 saturated heterocycles. The van der Waals surface area contributed by atoms with Crippen LogP contribution in [0.3, 0.4) is 0 Å². The fourth-order valence-electron chi connectivity index (χ4n) is 6.02. The first-order valence-corrected chi connectivity index (χ1v) is 13.5. The molecule has 1 amide bonds. The number of rotatable bonds is 7. The van der Waals surface area contributed by atoms with Gasteiger partial charge >= 0.3 is 6.18 Å². The molecule has 3 aliphatic rings. The Hall–Kier alpha value is -3.35. The molecule has 6 rings (SSSR count). The first-order chi connectivity index (χ1) is 19.3. The number of anilines is 1. The molecule has 3 aromatic rings. The number of β-amino-alcohol motifs (C(OH)–C–C–N with tert-alkyl or cyclic N) is 1. The van der Waals surface area contributed by atoms with Gasteiger partial charge in [0.1, 0.15) is 6.33 Å². The van der Waals surface area contributed by atoms with E-state index in [1.54, 1.807) is 31.3 Å². The second kappa shape index (κ2) is 9.60. The molecule has 2 fully saturated rings. The van der Waals surface area contributed by atoms with Crippen molar-refractivity contribution >= 4 is 11.6 Å². The summed E-state index contributed by atoms with van der Waals surface area (Å²) < 4.78 is 65.4. The highest BCUT2D eigenvalue weighted by molar-refractivity contribution is 6.10. The molecule has 3 aliphatic heterocycles. The Balaban J connectivity index is 1.30. The molecule has 8 nitrogen and oxygen atoms in total. The van der Waals surface area contributed by atoms with Crippen molar-refractivity contribution in [2.24, 2.45) is 13.0 Å². The zero-order chi connectivity index (χ0) is 29.3. The van der Waals surface area contributed by atoms with Crippen LogP contribution in [0, 0.1) is 5.92 Å². The average molecular weight is 574 g/mol. The molecule has 218 valence electrons. The Kier molecular flexibility index (Phi) is 6.51. The third-order valence-electron chi connectivity index (χ3n) is 8.79. The van der Waals surface area contributed by atoms with Gasteiger partial charge in [-0.05, 0) is 46.9 Å². The summed E-state index contributed by atoms with van der Waals surface area (Å²) in [6, 6.07) is 9.31. The molecular formula is C29H31F4N5O3. The Bertz CT molecular complexity index is 1490. The number of ether oxygens (including phenoxy) is 1. The molecular weight excluding hydrogens is 542 g/mol. The zero-order valence-electron chi connectivity index (χ0n) is 23.0. The van der Waals surface area contributed by atoms with E-state index < -0.39 is 34.8 Å². The van der Waals surface area contributed by atoms with Gasteiger partial charge in [0, 0.05) is 37.9 Å². The number of aryl methyl sites for hydroxylation is 1. The van der Waals surface area contributed by atoms with E-state index in [1.807, 2.05) is 18.7 Å². The molecule has 1 aromatic heterocycles. The van der Waals surface area contributed by atoms with Crippen LogP contribution in [0.15, 0.2) is 42.7 Å². The Morgan fingerprint density at radius 3 is 2.46 bits per heavy atom. The number of carbonyl (C=O) groups excluding carboxylic acids is 1. The van der Waals surface area contributed by atoms with Crippen LogP contribution in [0.4, 0.5) is 23.2 Å². The number of likely N-dealkylation sites (tertiary alicyclic amines) is 1. The summed E-state index contributed by atoms with van der Waals surface area (Å²) in [6.45, 7) is 4.62. The molecule has 2 aromatic carbocycles. The minimum atomic E-state index is -4.66. The molecule has 0 aliphatic carbocycles. The molecule has 0 unspecified atom stereocenters. The van der Waals surface area contributed by atoms with Crippen molar-refractivity contribution in [2.45, 2.75) is 50.3 Å². The third-order valence-corrected chi connectivity index (χ3v) is 8.79. The number of hydrogen-bond acceptors (Lipinski definition) is 6. The fourth-order valence-corrected chi connectivity index (χ4v) is 6.02. The number of amides is 1. The lowest BCUT2D eigenvalue weighted by Crippen LogP contribution is -2.63. The number of benzene rings is 2. The number of nitrogens with zero attached hydrogens (tertiary/aromatic N) is 5. The maximum Gasteiger partial charge on any atom is 0.416 e. The van der Waals surface area contributed by atoms with E-state index in [9.17, 15) is 23.1 Å². The van der Waals surface area contributed by atoms with Crippen LogP contribution in [0.2, 0.25) is 0 Å². The number of fused-ring (bicyclic) bond motifs is 1. The molecule has 4 heterocycles. The van der Waals surface area contributed by atoms with Gasteiger partial charge in [0.25, 0.3) is 5.91 Å². The number of aromatic nitrogens is 3. The molecule has 0 bridgehead atoms. The number of alkyl halides is 4. The molecule has 12 heteroatoms. The van der Waals surface area contributed by atoms with E-state index in [1.165, 1.54) is 21.9 Å². The lowest BCUT2D eigenvalue weighted by molar-refractivity contribution is -0.138. The largest absolute Gasteiger partial charge is 0.416 e. The van der Waals surface area contributed by atoms with Gasteiger partial charge in [-0.1, -0.05) is 26.0 Å².